The van der Waals surface area contributed by atoms with Crippen molar-refractivity contribution in [3.05, 3.63) is 59.2 Å². The molecule has 0 spiro atoms. The summed E-state index contributed by atoms with van der Waals surface area (Å²) in [6.45, 7) is 9.20. The van der Waals surface area contributed by atoms with E-state index in [1.807, 2.05) is 0 Å². The maximum Gasteiger partial charge on any atom is 0.338 e. The van der Waals surface area contributed by atoms with Gasteiger partial charge in [0.25, 0.3) is 0 Å². The number of fused-ring (bicyclic) bond motifs is 1. The minimum atomic E-state index is -1.73. The summed E-state index contributed by atoms with van der Waals surface area (Å²) in [5.74, 6) is -3.56. The van der Waals surface area contributed by atoms with E-state index in [1.165, 1.54) is 19.9 Å². The third-order valence-corrected chi connectivity index (χ3v) is 7.61. The van der Waals surface area contributed by atoms with E-state index in [4.69, 9.17) is 9.47 Å². The smallest absolute Gasteiger partial charge is 0.338 e. The molecule has 8 nitrogen and oxygen atoms in total. The van der Waals surface area contributed by atoms with Crippen LogP contribution in [0.15, 0.2) is 53.6 Å². The number of benzene rings is 1. The van der Waals surface area contributed by atoms with Crippen LogP contribution in [0, 0.1) is 17.3 Å². The minimum Gasteiger partial charge on any atom is -0.458 e. The molecular weight excluding hydrogens is 476 g/mol. The average molecular weight is 513 g/mol. The standard InChI is InChI=1S/C29H36O8/c1-16-12-21-25(36-27(35)20-10-8-7-9-11-20)18(3)15-29(21,37-19(4)30)26(34)17(2)13-23(32)28(5,6)24(33)14-22(16)31/h7-13,18,21-23,25,31-32H,14-15H2,1-6H3/b16-12+,17-13?/t18-,21-,22+,23-,25-,29+/m0/s1. The number of Topliss-reactive ketones (excluding diaryl/α,β-unsaturated/α-hetero) is 2. The number of hydrogen-bond acceptors (Lipinski definition) is 8. The van der Waals surface area contributed by atoms with E-state index >= 15 is 0 Å². The first-order valence-electron chi connectivity index (χ1n) is 12.5. The van der Waals surface area contributed by atoms with Gasteiger partial charge in [-0.2, -0.15) is 0 Å². The summed E-state index contributed by atoms with van der Waals surface area (Å²) in [6, 6.07) is 8.40. The van der Waals surface area contributed by atoms with Crippen molar-refractivity contribution in [3.63, 3.8) is 0 Å². The van der Waals surface area contributed by atoms with Gasteiger partial charge in [-0.15, -0.1) is 0 Å². The molecule has 0 aromatic heterocycles. The van der Waals surface area contributed by atoms with Crippen molar-refractivity contribution < 1.29 is 38.9 Å². The van der Waals surface area contributed by atoms with Crippen molar-refractivity contribution in [3.8, 4) is 0 Å². The molecule has 37 heavy (non-hydrogen) atoms. The number of carbonyl (C=O) groups is 4. The summed E-state index contributed by atoms with van der Waals surface area (Å²) in [5.41, 5.74) is -2.19. The van der Waals surface area contributed by atoms with Crippen LogP contribution in [0.5, 0.6) is 0 Å². The van der Waals surface area contributed by atoms with Crippen molar-refractivity contribution >= 4 is 23.5 Å². The number of aliphatic hydroxyl groups is 2. The largest absolute Gasteiger partial charge is 0.458 e. The van der Waals surface area contributed by atoms with Crippen molar-refractivity contribution in [2.24, 2.45) is 17.3 Å². The molecule has 200 valence electrons. The molecule has 2 N–H and O–H groups in total. The molecule has 0 radical (unpaired) electrons. The normalized spacial score (nSPS) is 33.7. The van der Waals surface area contributed by atoms with Crippen LogP contribution in [0.4, 0.5) is 0 Å². The first-order valence-corrected chi connectivity index (χ1v) is 12.5. The molecule has 8 heteroatoms. The summed E-state index contributed by atoms with van der Waals surface area (Å²) in [4.78, 5) is 52.3. The highest BCUT2D eigenvalue weighted by Gasteiger charge is 2.60. The van der Waals surface area contributed by atoms with Crippen LogP contribution in [0.1, 0.15) is 64.7 Å². The Morgan fingerprint density at radius 2 is 1.65 bits per heavy atom. The summed E-state index contributed by atoms with van der Waals surface area (Å²) in [7, 11) is 0. The molecule has 1 saturated carbocycles. The van der Waals surface area contributed by atoms with E-state index in [2.05, 4.69) is 0 Å². The lowest BCUT2D eigenvalue weighted by molar-refractivity contribution is -0.168. The predicted octanol–water partition coefficient (Wildman–Crippen LogP) is 3.35. The Labute approximate surface area is 217 Å². The molecule has 0 bridgehead atoms. The van der Waals surface area contributed by atoms with Crippen molar-refractivity contribution in [1.29, 1.82) is 0 Å². The molecule has 1 fully saturated rings. The minimum absolute atomic E-state index is 0.0618. The Morgan fingerprint density at radius 3 is 2.24 bits per heavy atom. The number of rotatable bonds is 3. The summed E-state index contributed by atoms with van der Waals surface area (Å²) < 4.78 is 11.7. The van der Waals surface area contributed by atoms with E-state index in [9.17, 15) is 29.4 Å². The van der Waals surface area contributed by atoms with E-state index in [1.54, 1.807) is 64.1 Å². The van der Waals surface area contributed by atoms with Gasteiger partial charge in [-0.1, -0.05) is 45.0 Å². The topological polar surface area (TPSA) is 127 Å². The molecule has 0 unspecified atom stereocenters. The van der Waals surface area contributed by atoms with Gasteiger partial charge in [-0.05, 0) is 49.1 Å². The zero-order valence-electron chi connectivity index (χ0n) is 22.2. The van der Waals surface area contributed by atoms with Crippen LogP contribution in [0.25, 0.3) is 0 Å². The van der Waals surface area contributed by atoms with Gasteiger partial charge in [0.2, 0.25) is 5.78 Å². The summed E-state index contributed by atoms with van der Waals surface area (Å²) in [5, 5.41) is 21.7. The number of esters is 2. The monoisotopic (exact) mass is 512 g/mol. The number of ether oxygens (including phenoxy) is 2. The fraction of sp³-hybridized carbons (Fsp3) is 0.517. The molecular formula is C29H36O8. The second-order valence-corrected chi connectivity index (χ2v) is 10.8. The lowest BCUT2D eigenvalue weighted by atomic mass is 9.75. The number of ketones is 2. The second kappa shape index (κ2) is 10.7. The van der Waals surface area contributed by atoms with Gasteiger partial charge in [0, 0.05) is 19.8 Å². The third-order valence-electron chi connectivity index (χ3n) is 7.61. The molecule has 3 rings (SSSR count). The fourth-order valence-electron chi connectivity index (χ4n) is 5.20. The SMILES string of the molecule is CC(=O)O[C@]12C[C@H](C)[C@H](OC(=O)c3ccccc3)[C@@H]1/C=C(\C)[C@H](O)CC(=O)C(C)(C)[C@@H](O)C=C(C)C2=O. The molecule has 6 atom stereocenters. The maximum absolute atomic E-state index is 14.0. The van der Waals surface area contributed by atoms with Crippen LogP contribution in [0.2, 0.25) is 0 Å². The fourth-order valence-corrected chi connectivity index (χ4v) is 5.20. The zero-order chi connectivity index (χ0) is 27.7. The van der Waals surface area contributed by atoms with Crippen LogP contribution in [0.3, 0.4) is 0 Å². The third kappa shape index (κ3) is 5.60. The number of carbonyl (C=O) groups excluding carboxylic acids is 4. The number of hydrogen-bond donors (Lipinski definition) is 2. The molecule has 1 aromatic carbocycles. The van der Waals surface area contributed by atoms with Gasteiger partial charge >= 0.3 is 11.9 Å². The van der Waals surface area contributed by atoms with E-state index in [-0.39, 0.29) is 24.2 Å². The number of aliphatic hydroxyl groups excluding tert-OH is 2. The Kier molecular flexibility index (Phi) is 8.24. The summed E-state index contributed by atoms with van der Waals surface area (Å²) >= 11 is 0. The average Bonchev–Trinajstić information content (AvgIpc) is 3.08. The van der Waals surface area contributed by atoms with Crippen molar-refractivity contribution in [2.75, 3.05) is 0 Å². The van der Waals surface area contributed by atoms with Crippen LogP contribution >= 0.6 is 0 Å². The van der Waals surface area contributed by atoms with Crippen molar-refractivity contribution in [2.45, 2.75) is 78.3 Å². The van der Waals surface area contributed by atoms with Crippen LogP contribution in [-0.4, -0.2) is 57.6 Å². The summed E-state index contributed by atoms with van der Waals surface area (Å²) in [6.07, 6.45) is -0.722. The van der Waals surface area contributed by atoms with Crippen molar-refractivity contribution in [1.82, 2.24) is 0 Å². The maximum atomic E-state index is 14.0. The van der Waals surface area contributed by atoms with E-state index < -0.39 is 58.9 Å². The van der Waals surface area contributed by atoms with Gasteiger partial charge < -0.3 is 19.7 Å². The van der Waals surface area contributed by atoms with Gasteiger partial charge in [0.15, 0.2) is 5.60 Å². The highest BCUT2D eigenvalue weighted by molar-refractivity contribution is 6.03. The van der Waals surface area contributed by atoms with E-state index in [0.29, 0.717) is 11.1 Å². The van der Waals surface area contributed by atoms with Gasteiger partial charge in [0.05, 0.1) is 29.1 Å². The Morgan fingerprint density at radius 1 is 1.03 bits per heavy atom. The zero-order valence-corrected chi connectivity index (χ0v) is 22.2. The van der Waals surface area contributed by atoms with Crippen LogP contribution in [-0.2, 0) is 23.9 Å². The van der Waals surface area contributed by atoms with Gasteiger partial charge in [0.1, 0.15) is 11.9 Å². The first kappa shape index (κ1) is 28.5. The lowest BCUT2D eigenvalue weighted by Gasteiger charge is -2.36. The molecule has 2 aliphatic carbocycles. The molecule has 2 aliphatic rings. The molecule has 0 aliphatic heterocycles. The predicted molar refractivity (Wildman–Crippen MR) is 135 cm³/mol. The lowest BCUT2D eigenvalue weighted by Crippen LogP contribution is -2.49. The van der Waals surface area contributed by atoms with E-state index in [0.717, 1.165) is 0 Å². The molecule has 0 heterocycles. The molecule has 0 saturated heterocycles. The molecule has 1 aromatic rings. The Hall–Kier alpha value is -3.10. The van der Waals surface area contributed by atoms with Gasteiger partial charge in [-0.3, -0.25) is 14.4 Å². The Balaban J connectivity index is 2.19. The first-order chi connectivity index (χ1) is 17.2. The van der Waals surface area contributed by atoms with Crippen LogP contribution < -0.4 is 0 Å². The highest BCUT2D eigenvalue weighted by atomic mass is 16.6. The quantitative estimate of drug-likeness (QED) is 0.466. The Bertz CT molecular complexity index is 1130. The molecule has 0 amide bonds. The second-order valence-electron chi connectivity index (χ2n) is 10.8. The highest BCUT2D eigenvalue weighted by Crippen LogP contribution is 2.48. The van der Waals surface area contributed by atoms with Gasteiger partial charge in [-0.25, -0.2) is 4.79 Å².